The van der Waals surface area contributed by atoms with E-state index in [1.165, 1.54) is 15.3 Å². The van der Waals surface area contributed by atoms with Gasteiger partial charge in [0.2, 0.25) is 0 Å². The van der Waals surface area contributed by atoms with Crippen LogP contribution in [0.15, 0.2) is 39.3 Å². The Morgan fingerprint density at radius 2 is 1.73 bits per heavy atom. The molecule has 2 rings (SSSR count). The topological polar surface area (TPSA) is 26.0 Å². The molecule has 0 saturated heterocycles. The molecule has 0 radical (unpaired) electrons. The van der Waals surface area contributed by atoms with Crippen molar-refractivity contribution in [2.45, 2.75) is 6.54 Å². The third kappa shape index (κ3) is 2.69. The molecule has 0 aliphatic heterocycles. The molecule has 2 aromatic rings. The summed E-state index contributed by atoms with van der Waals surface area (Å²) < 4.78 is 2.16. The Morgan fingerprint density at radius 1 is 1.07 bits per heavy atom. The van der Waals surface area contributed by atoms with E-state index in [1.54, 1.807) is 11.3 Å². The van der Waals surface area contributed by atoms with Gasteiger partial charge in [0.1, 0.15) is 0 Å². The zero-order valence-electron chi connectivity index (χ0n) is 7.84. The molecule has 1 aromatic carbocycles. The largest absolute Gasteiger partial charge is 0.326 e. The van der Waals surface area contributed by atoms with Crippen molar-refractivity contribution in [1.29, 1.82) is 0 Å². The minimum absolute atomic E-state index is 0.611. The summed E-state index contributed by atoms with van der Waals surface area (Å²) in [5.74, 6) is 0. The van der Waals surface area contributed by atoms with Crippen molar-refractivity contribution in [3.05, 3.63) is 44.2 Å². The van der Waals surface area contributed by atoms with Crippen LogP contribution in [-0.4, -0.2) is 0 Å². The highest BCUT2D eigenvalue weighted by Gasteiger charge is 2.03. The van der Waals surface area contributed by atoms with Crippen molar-refractivity contribution in [1.82, 2.24) is 0 Å². The molecule has 0 atom stereocenters. The monoisotopic (exact) mass is 345 g/mol. The van der Waals surface area contributed by atoms with Gasteiger partial charge in [-0.25, -0.2) is 0 Å². The van der Waals surface area contributed by atoms with Crippen molar-refractivity contribution in [2.75, 3.05) is 0 Å². The van der Waals surface area contributed by atoms with E-state index in [2.05, 4.69) is 56.1 Å². The fourth-order valence-corrected chi connectivity index (χ4v) is 3.51. The second kappa shape index (κ2) is 4.78. The van der Waals surface area contributed by atoms with Gasteiger partial charge < -0.3 is 5.73 Å². The third-order valence-electron chi connectivity index (χ3n) is 2.01. The SMILES string of the molecule is NCc1ccc(-c2cc(Br)cc(Br)c2)s1. The Hall–Kier alpha value is -0.160. The average Bonchev–Trinajstić information content (AvgIpc) is 2.64. The Morgan fingerprint density at radius 3 is 2.27 bits per heavy atom. The minimum Gasteiger partial charge on any atom is -0.326 e. The maximum Gasteiger partial charge on any atom is 0.0346 e. The van der Waals surface area contributed by atoms with E-state index in [4.69, 9.17) is 5.73 Å². The molecule has 1 heterocycles. The summed E-state index contributed by atoms with van der Waals surface area (Å²) >= 11 is 8.70. The van der Waals surface area contributed by atoms with Gasteiger partial charge in [0, 0.05) is 25.2 Å². The van der Waals surface area contributed by atoms with Crippen molar-refractivity contribution in [3.63, 3.8) is 0 Å². The standard InChI is InChI=1S/C11H9Br2NS/c12-8-3-7(4-9(13)5-8)11-2-1-10(6-14)15-11/h1-5H,6,14H2. The van der Waals surface area contributed by atoms with Gasteiger partial charge in [-0.15, -0.1) is 11.3 Å². The van der Waals surface area contributed by atoms with Crippen LogP contribution in [0.5, 0.6) is 0 Å². The number of benzene rings is 1. The number of halogens is 2. The Labute approximate surface area is 110 Å². The Kier molecular flexibility index (Phi) is 3.61. The molecule has 1 aromatic heterocycles. The van der Waals surface area contributed by atoms with Crippen molar-refractivity contribution < 1.29 is 0 Å². The minimum atomic E-state index is 0.611. The predicted octanol–water partition coefficient (Wildman–Crippen LogP) is 4.40. The fourth-order valence-electron chi connectivity index (χ4n) is 1.34. The van der Waals surface area contributed by atoms with Gasteiger partial charge in [0.15, 0.2) is 0 Å². The first-order valence-electron chi connectivity index (χ1n) is 4.44. The van der Waals surface area contributed by atoms with Crippen LogP contribution in [0.4, 0.5) is 0 Å². The molecule has 0 aliphatic carbocycles. The Balaban J connectivity index is 2.44. The third-order valence-corrected chi connectivity index (χ3v) is 4.08. The summed E-state index contributed by atoms with van der Waals surface area (Å²) in [4.78, 5) is 2.46. The van der Waals surface area contributed by atoms with Crippen LogP contribution in [0, 0.1) is 0 Å². The zero-order chi connectivity index (χ0) is 10.8. The number of hydrogen-bond donors (Lipinski definition) is 1. The molecule has 1 nitrogen and oxygen atoms in total. The van der Waals surface area contributed by atoms with E-state index >= 15 is 0 Å². The molecule has 4 heteroatoms. The van der Waals surface area contributed by atoms with Gasteiger partial charge in [-0.05, 0) is 35.9 Å². The molecular formula is C11H9Br2NS. The number of nitrogens with two attached hydrogens (primary N) is 1. The highest BCUT2D eigenvalue weighted by atomic mass is 79.9. The van der Waals surface area contributed by atoms with Gasteiger partial charge in [0.05, 0.1) is 0 Å². The smallest absolute Gasteiger partial charge is 0.0346 e. The normalized spacial score (nSPS) is 10.6. The average molecular weight is 347 g/mol. The highest BCUT2D eigenvalue weighted by Crippen LogP contribution is 2.32. The van der Waals surface area contributed by atoms with E-state index in [1.807, 2.05) is 6.07 Å². The van der Waals surface area contributed by atoms with Gasteiger partial charge in [-0.1, -0.05) is 31.9 Å². The Bertz CT molecular complexity index is 459. The van der Waals surface area contributed by atoms with Gasteiger partial charge in [0.25, 0.3) is 0 Å². The zero-order valence-corrected chi connectivity index (χ0v) is 11.8. The summed E-state index contributed by atoms with van der Waals surface area (Å²) in [6.07, 6.45) is 0. The molecule has 0 unspecified atom stereocenters. The van der Waals surface area contributed by atoms with E-state index in [-0.39, 0.29) is 0 Å². The van der Waals surface area contributed by atoms with Crippen LogP contribution in [0.25, 0.3) is 10.4 Å². The van der Waals surface area contributed by atoms with Crippen molar-refractivity contribution in [2.24, 2.45) is 5.73 Å². The first-order valence-corrected chi connectivity index (χ1v) is 6.84. The fraction of sp³-hybridized carbons (Fsp3) is 0.0909. The quantitative estimate of drug-likeness (QED) is 0.856. The van der Waals surface area contributed by atoms with Gasteiger partial charge in [-0.3, -0.25) is 0 Å². The molecule has 15 heavy (non-hydrogen) atoms. The summed E-state index contributed by atoms with van der Waals surface area (Å²) in [5, 5.41) is 0. The number of rotatable bonds is 2. The molecule has 0 aliphatic rings. The second-order valence-electron chi connectivity index (χ2n) is 3.13. The molecule has 0 spiro atoms. The summed E-state index contributed by atoms with van der Waals surface area (Å²) in [5.41, 5.74) is 6.80. The van der Waals surface area contributed by atoms with Crippen LogP contribution < -0.4 is 5.73 Å². The molecular weight excluding hydrogens is 338 g/mol. The van der Waals surface area contributed by atoms with Gasteiger partial charge >= 0.3 is 0 Å². The van der Waals surface area contributed by atoms with Crippen LogP contribution >= 0.6 is 43.2 Å². The van der Waals surface area contributed by atoms with Crippen LogP contribution in [0.2, 0.25) is 0 Å². The highest BCUT2D eigenvalue weighted by molar-refractivity contribution is 9.11. The van der Waals surface area contributed by atoms with E-state index in [0.717, 1.165) is 8.95 Å². The molecule has 0 bridgehead atoms. The first kappa shape index (κ1) is 11.3. The number of hydrogen-bond acceptors (Lipinski definition) is 2. The molecule has 2 N–H and O–H groups in total. The van der Waals surface area contributed by atoms with E-state index in [0.29, 0.717) is 6.54 Å². The van der Waals surface area contributed by atoms with Gasteiger partial charge in [-0.2, -0.15) is 0 Å². The molecule has 0 saturated carbocycles. The first-order chi connectivity index (χ1) is 7.19. The summed E-state index contributed by atoms with van der Waals surface area (Å²) in [6, 6.07) is 10.4. The molecule has 78 valence electrons. The lowest BCUT2D eigenvalue weighted by Crippen LogP contribution is -1.90. The van der Waals surface area contributed by atoms with E-state index < -0.39 is 0 Å². The number of thiophene rings is 1. The maximum atomic E-state index is 5.59. The lowest BCUT2D eigenvalue weighted by Gasteiger charge is -2.00. The molecule has 0 amide bonds. The van der Waals surface area contributed by atoms with Crippen molar-refractivity contribution in [3.8, 4) is 10.4 Å². The lowest BCUT2D eigenvalue weighted by molar-refractivity contribution is 1.11. The van der Waals surface area contributed by atoms with Crippen LogP contribution in [0.3, 0.4) is 0 Å². The summed E-state index contributed by atoms with van der Waals surface area (Å²) in [6.45, 7) is 0.611. The lowest BCUT2D eigenvalue weighted by atomic mass is 10.2. The van der Waals surface area contributed by atoms with Crippen LogP contribution in [0.1, 0.15) is 4.88 Å². The second-order valence-corrected chi connectivity index (χ2v) is 6.13. The van der Waals surface area contributed by atoms with Crippen LogP contribution in [-0.2, 0) is 6.54 Å². The molecule has 0 fully saturated rings. The summed E-state index contributed by atoms with van der Waals surface area (Å²) in [7, 11) is 0. The van der Waals surface area contributed by atoms with E-state index in [9.17, 15) is 0 Å². The maximum absolute atomic E-state index is 5.59. The van der Waals surface area contributed by atoms with Crippen molar-refractivity contribution >= 4 is 43.2 Å². The predicted molar refractivity (Wildman–Crippen MR) is 73.0 cm³/mol.